The molecule has 2 aliphatic heterocycles. The van der Waals surface area contributed by atoms with Crippen LogP contribution in [0.3, 0.4) is 0 Å². The van der Waals surface area contributed by atoms with Crippen molar-refractivity contribution in [1.29, 1.82) is 0 Å². The normalized spacial score (nSPS) is 20.2. The summed E-state index contributed by atoms with van der Waals surface area (Å²) in [7, 11) is 0. The molecule has 3 amide bonds. The van der Waals surface area contributed by atoms with E-state index >= 15 is 0 Å². The van der Waals surface area contributed by atoms with Crippen molar-refractivity contribution in [3.63, 3.8) is 0 Å². The molecule has 1 N–H and O–H groups in total. The van der Waals surface area contributed by atoms with Crippen LogP contribution in [-0.4, -0.2) is 65.5 Å². The lowest BCUT2D eigenvalue weighted by molar-refractivity contribution is 0.0706. The van der Waals surface area contributed by atoms with E-state index in [0.717, 1.165) is 43.9 Å². The molecule has 3 rings (SSSR count). The van der Waals surface area contributed by atoms with Crippen molar-refractivity contribution in [2.45, 2.75) is 25.3 Å². The van der Waals surface area contributed by atoms with Gasteiger partial charge in [-0.1, -0.05) is 0 Å². The number of likely N-dealkylation sites (tertiary alicyclic amines) is 1. The SMILES string of the molecule is O=C(NC1CCN(C(=O)c2ccoc2)CC1)N1CCCSCC1. The van der Waals surface area contributed by atoms with E-state index in [-0.39, 0.29) is 18.0 Å². The smallest absolute Gasteiger partial charge is 0.317 e. The molecule has 0 bridgehead atoms. The summed E-state index contributed by atoms with van der Waals surface area (Å²) in [5.41, 5.74) is 0.592. The molecule has 126 valence electrons. The van der Waals surface area contributed by atoms with E-state index in [2.05, 4.69) is 5.32 Å². The summed E-state index contributed by atoms with van der Waals surface area (Å²) in [6.07, 6.45) is 5.67. The van der Waals surface area contributed by atoms with Crippen molar-refractivity contribution in [3.8, 4) is 0 Å². The van der Waals surface area contributed by atoms with Crippen LogP contribution in [0.15, 0.2) is 23.0 Å². The number of nitrogens with one attached hydrogen (secondary N) is 1. The molecule has 2 fully saturated rings. The Balaban J connectivity index is 1.45. The van der Waals surface area contributed by atoms with Gasteiger partial charge in [0.15, 0.2) is 0 Å². The predicted octanol–water partition coefficient (Wildman–Crippen LogP) is 2.03. The van der Waals surface area contributed by atoms with Crippen LogP contribution in [-0.2, 0) is 0 Å². The van der Waals surface area contributed by atoms with Gasteiger partial charge in [0.1, 0.15) is 6.26 Å². The molecule has 0 radical (unpaired) electrons. The monoisotopic (exact) mass is 337 g/mol. The zero-order chi connectivity index (χ0) is 16.1. The first kappa shape index (κ1) is 16.2. The molecular weight excluding hydrogens is 314 g/mol. The van der Waals surface area contributed by atoms with Crippen molar-refractivity contribution in [2.24, 2.45) is 0 Å². The molecule has 0 spiro atoms. The van der Waals surface area contributed by atoms with Crippen molar-refractivity contribution >= 4 is 23.7 Å². The fourth-order valence-corrected chi connectivity index (χ4v) is 3.90. The van der Waals surface area contributed by atoms with Gasteiger partial charge >= 0.3 is 6.03 Å². The third kappa shape index (κ3) is 4.22. The van der Waals surface area contributed by atoms with Crippen molar-refractivity contribution in [3.05, 3.63) is 24.2 Å². The number of carbonyl (C=O) groups is 2. The van der Waals surface area contributed by atoms with Crippen LogP contribution in [0.1, 0.15) is 29.6 Å². The highest BCUT2D eigenvalue weighted by Gasteiger charge is 2.26. The van der Waals surface area contributed by atoms with Crippen LogP contribution in [0.4, 0.5) is 4.79 Å². The average molecular weight is 337 g/mol. The van der Waals surface area contributed by atoms with Crippen LogP contribution in [0.5, 0.6) is 0 Å². The Labute approximate surface area is 140 Å². The van der Waals surface area contributed by atoms with Crippen molar-refractivity contribution in [1.82, 2.24) is 15.1 Å². The second kappa shape index (κ2) is 7.77. The highest BCUT2D eigenvalue weighted by molar-refractivity contribution is 7.99. The van der Waals surface area contributed by atoms with Crippen LogP contribution >= 0.6 is 11.8 Å². The van der Waals surface area contributed by atoms with Crippen LogP contribution in [0.2, 0.25) is 0 Å². The number of furan rings is 1. The van der Waals surface area contributed by atoms with E-state index in [1.54, 1.807) is 6.07 Å². The summed E-state index contributed by atoms with van der Waals surface area (Å²) in [5.74, 6) is 2.16. The molecule has 0 aromatic carbocycles. The number of hydrogen-bond acceptors (Lipinski definition) is 4. The lowest BCUT2D eigenvalue weighted by atomic mass is 10.0. The molecule has 3 heterocycles. The van der Waals surface area contributed by atoms with Gasteiger partial charge in [0, 0.05) is 38.0 Å². The maximum Gasteiger partial charge on any atom is 0.317 e. The molecule has 2 aliphatic rings. The number of thioether (sulfide) groups is 1. The average Bonchev–Trinajstić information content (AvgIpc) is 2.97. The summed E-state index contributed by atoms with van der Waals surface area (Å²) in [6.45, 7) is 3.01. The number of amides is 3. The van der Waals surface area contributed by atoms with Gasteiger partial charge in [0.2, 0.25) is 0 Å². The molecule has 2 saturated heterocycles. The first-order chi connectivity index (χ1) is 11.2. The molecule has 0 unspecified atom stereocenters. The highest BCUT2D eigenvalue weighted by Crippen LogP contribution is 2.15. The van der Waals surface area contributed by atoms with E-state index < -0.39 is 0 Å². The fraction of sp³-hybridized carbons (Fsp3) is 0.625. The number of urea groups is 1. The molecule has 1 aromatic heterocycles. The van der Waals surface area contributed by atoms with Gasteiger partial charge in [-0.2, -0.15) is 11.8 Å². The maximum absolute atomic E-state index is 12.3. The summed E-state index contributed by atoms with van der Waals surface area (Å²) in [5, 5.41) is 3.13. The predicted molar refractivity (Wildman–Crippen MR) is 89.7 cm³/mol. The van der Waals surface area contributed by atoms with Gasteiger partial charge in [0.05, 0.1) is 11.8 Å². The third-order valence-electron chi connectivity index (χ3n) is 4.39. The quantitative estimate of drug-likeness (QED) is 0.897. The van der Waals surface area contributed by atoms with Crippen molar-refractivity contribution in [2.75, 3.05) is 37.7 Å². The molecular formula is C16H23N3O3S. The summed E-state index contributed by atoms with van der Waals surface area (Å²) in [6, 6.07) is 1.90. The summed E-state index contributed by atoms with van der Waals surface area (Å²) in [4.78, 5) is 28.3. The molecule has 6 nitrogen and oxygen atoms in total. The number of nitrogens with zero attached hydrogens (tertiary/aromatic N) is 2. The Kier molecular flexibility index (Phi) is 5.48. The Hall–Kier alpha value is -1.63. The molecule has 7 heteroatoms. The second-order valence-corrected chi connectivity index (χ2v) is 7.21. The Morgan fingerprint density at radius 3 is 2.70 bits per heavy atom. The van der Waals surface area contributed by atoms with Gasteiger partial charge in [-0.15, -0.1) is 0 Å². The maximum atomic E-state index is 12.3. The number of carbonyl (C=O) groups excluding carboxylic acids is 2. The van der Waals surface area contributed by atoms with E-state index in [1.807, 2.05) is 21.6 Å². The molecule has 23 heavy (non-hydrogen) atoms. The van der Waals surface area contributed by atoms with E-state index in [1.165, 1.54) is 12.5 Å². The largest absolute Gasteiger partial charge is 0.472 e. The van der Waals surface area contributed by atoms with E-state index in [4.69, 9.17) is 4.42 Å². The van der Waals surface area contributed by atoms with Gasteiger partial charge in [-0.3, -0.25) is 4.79 Å². The highest BCUT2D eigenvalue weighted by atomic mass is 32.2. The first-order valence-electron chi connectivity index (χ1n) is 8.18. The molecule has 1 aromatic rings. The Bertz CT molecular complexity index is 519. The van der Waals surface area contributed by atoms with E-state index in [0.29, 0.717) is 18.7 Å². The second-order valence-electron chi connectivity index (χ2n) is 5.98. The van der Waals surface area contributed by atoms with E-state index in [9.17, 15) is 9.59 Å². The lowest BCUT2D eigenvalue weighted by Gasteiger charge is -2.33. The zero-order valence-electron chi connectivity index (χ0n) is 13.2. The molecule has 0 saturated carbocycles. The van der Waals surface area contributed by atoms with Gasteiger partial charge in [0.25, 0.3) is 5.91 Å². The molecule has 0 atom stereocenters. The lowest BCUT2D eigenvalue weighted by Crippen LogP contribution is -2.50. The van der Waals surface area contributed by atoms with Gasteiger partial charge < -0.3 is 19.5 Å². The summed E-state index contributed by atoms with van der Waals surface area (Å²) < 4.78 is 4.97. The topological polar surface area (TPSA) is 65.8 Å². The Morgan fingerprint density at radius 2 is 1.96 bits per heavy atom. The van der Waals surface area contributed by atoms with Gasteiger partial charge in [-0.25, -0.2) is 4.79 Å². The minimum absolute atomic E-state index is 0.00747. The van der Waals surface area contributed by atoms with Crippen LogP contribution < -0.4 is 5.32 Å². The Morgan fingerprint density at radius 1 is 1.13 bits per heavy atom. The summed E-state index contributed by atoms with van der Waals surface area (Å²) >= 11 is 1.91. The van der Waals surface area contributed by atoms with Gasteiger partial charge in [-0.05, 0) is 31.1 Å². The standard InChI is InChI=1S/C16H23N3O3S/c20-15(13-4-9-22-12-13)18-6-2-14(3-7-18)17-16(21)19-5-1-10-23-11-8-19/h4,9,12,14H,1-3,5-8,10-11H2,(H,17,21). The minimum Gasteiger partial charge on any atom is -0.472 e. The van der Waals surface area contributed by atoms with Crippen molar-refractivity contribution < 1.29 is 14.0 Å². The molecule has 0 aliphatic carbocycles. The minimum atomic E-state index is 0.00747. The third-order valence-corrected chi connectivity index (χ3v) is 5.44. The number of rotatable bonds is 2. The zero-order valence-corrected chi connectivity index (χ0v) is 14.0. The number of piperidine rings is 1. The van der Waals surface area contributed by atoms with Crippen LogP contribution in [0.25, 0.3) is 0 Å². The number of hydrogen-bond donors (Lipinski definition) is 1. The van der Waals surface area contributed by atoms with Crippen LogP contribution in [0, 0.1) is 0 Å². The fourth-order valence-electron chi connectivity index (χ4n) is 3.01. The first-order valence-corrected chi connectivity index (χ1v) is 9.34.